The molecule has 14 heavy (non-hydrogen) atoms. The number of hydrogen-bond acceptors (Lipinski definition) is 1. The Kier molecular flexibility index (Phi) is 3.51. The van der Waals surface area contributed by atoms with E-state index < -0.39 is 0 Å². The van der Waals surface area contributed by atoms with Crippen LogP contribution in [0.3, 0.4) is 0 Å². The van der Waals surface area contributed by atoms with Crippen LogP contribution < -0.4 is 0 Å². The van der Waals surface area contributed by atoms with Gasteiger partial charge in [-0.05, 0) is 42.5 Å². The van der Waals surface area contributed by atoms with Crippen molar-refractivity contribution in [3.8, 4) is 0 Å². The standard InChI is InChI=1S/C12H17ClS/c13-10-12(6-1-2-7-12)8-5-11-4-3-9-14-11/h3-4,9H,1-2,5-8,10H2. The van der Waals surface area contributed by atoms with E-state index in [2.05, 4.69) is 17.5 Å². The van der Waals surface area contributed by atoms with Gasteiger partial charge in [0.25, 0.3) is 0 Å². The van der Waals surface area contributed by atoms with E-state index in [9.17, 15) is 0 Å². The van der Waals surface area contributed by atoms with Crippen LogP contribution in [-0.4, -0.2) is 5.88 Å². The third-order valence-corrected chi connectivity index (χ3v) is 4.93. The predicted octanol–water partition coefficient (Wildman–Crippen LogP) is 4.48. The molecular formula is C12H17ClS. The molecule has 1 aliphatic carbocycles. The zero-order valence-corrected chi connectivity index (χ0v) is 10.0. The van der Waals surface area contributed by atoms with Crippen LogP contribution in [-0.2, 0) is 6.42 Å². The van der Waals surface area contributed by atoms with E-state index in [1.165, 1.54) is 43.4 Å². The summed E-state index contributed by atoms with van der Waals surface area (Å²) in [6.45, 7) is 0. The van der Waals surface area contributed by atoms with Gasteiger partial charge in [0, 0.05) is 10.8 Å². The highest BCUT2D eigenvalue weighted by atomic mass is 35.5. The molecule has 1 aromatic heterocycles. The molecule has 2 heteroatoms. The molecule has 0 aliphatic heterocycles. The molecule has 1 saturated carbocycles. The van der Waals surface area contributed by atoms with Crippen LogP contribution >= 0.6 is 22.9 Å². The van der Waals surface area contributed by atoms with E-state index in [0.29, 0.717) is 5.41 Å². The van der Waals surface area contributed by atoms with Crippen LogP contribution in [0.15, 0.2) is 17.5 Å². The molecule has 1 fully saturated rings. The van der Waals surface area contributed by atoms with Gasteiger partial charge in [-0.25, -0.2) is 0 Å². The second kappa shape index (κ2) is 4.67. The normalized spacial score (nSPS) is 20.1. The smallest absolute Gasteiger partial charge is 0.0280 e. The summed E-state index contributed by atoms with van der Waals surface area (Å²) in [6.07, 6.45) is 7.99. The maximum Gasteiger partial charge on any atom is 0.0280 e. The zero-order valence-electron chi connectivity index (χ0n) is 8.47. The first kappa shape index (κ1) is 10.5. The SMILES string of the molecule is ClCC1(CCc2cccs2)CCCC1. The Hall–Kier alpha value is -0.0100. The van der Waals surface area contributed by atoms with E-state index >= 15 is 0 Å². The molecule has 1 aliphatic rings. The van der Waals surface area contributed by atoms with Gasteiger partial charge < -0.3 is 0 Å². The largest absolute Gasteiger partial charge is 0.149 e. The van der Waals surface area contributed by atoms with Gasteiger partial charge in [-0.3, -0.25) is 0 Å². The van der Waals surface area contributed by atoms with Crippen LogP contribution in [0.2, 0.25) is 0 Å². The molecule has 0 saturated heterocycles. The predicted molar refractivity (Wildman–Crippen MR) is 64.3 cm³/mol. The van der Waals surface area contributed by atoms with Crippen molar-refractivity contribution in [2.75, 3.05) is 5.88 Å². The topological polar surface area (TPSA) is 0 Å². The first-order valence-electron chi connectivity index (χ1n) is 5.43. The molecule has 0 radical (unpaired) electrons. The van der Waals surface area contributed by atoms with Crippen LogP contribution in [0, 0.1) is 5.41 Å². The summed E-state index contributed by atoms with van der Waals surface area (Å²) >= 11 is 7.98. The van der Waals surface area contributed by atoms with Crippen molar-refractivity contribution in [1.82, 2.24) is 0 Å². The third kappa shape index (κ3) is 2.32. The molecule has 1 heterocycles. The lowest BCUT2D eigenvalue weighted by Crippen LogP contribution is -2.19. The van der Waals surface area contributed by atoms with Crippen molar-refractivity contribution in [3.63, 3.8) is 0 Å². The Balaban J connectivity index is 1.89. The molecule has 0 unspecified atom stereocenters. The summed E-state index contributed by atoms with van der Waals surface area (Å²) in [4.78, 5) is 1.52. The monoisotopic (exact) mass is 228 g/mol. The van der Waals surface area contributed by atoms with E-state index in [4.69, 9.17) is 11.6 Å². The fourth-order valence-corrected chi connectivity index (χ4v) is 3.53. The number of alkyl halides is 1. The molecule has 0 atom stereocenters. The van der Waals surface area contributed by atoms with Crippen molar-refractivity contribution in [2.24, 2.45) is 5.41 Å². The van der Waals surface area contributed by atoms with Gasteiger partial charge in [-0.15, -0.1) is 22.9 Å². The summed E-state index contributed by atoms with van der Waals surface area (Å²) in [5, 5.41) is 2.16. The van der Waals surface area contributed by atoms with E-state index in [1.54, 1.807) is 0 Å². The number of halogens is 1. The van der Waals surface area contributed by atoms with Gasteiger partial charge in [0.1, 0.15) is 0 Å². The zero-order chi connectivity index (χ0) is 9.86. The quantitative estimate of drug-likeness (QED) is 0.667. The second-order valence-corrected chi connectivity index (χ2v) is 5.72. The molecule has 0 amide bonds. The Labute approximate surface area is 95.3 Å². The van der Waals surface area contributed by atoms with Crippen molar-refractivity contribution in [3.05, 3.63) is 22.4 Å². The average molecular weight is 229 g/mol. The summed E-state index contributed by atoms with van der Waals surface area (Å²) < 4.78 is 0. The number of rotatable bonds is 4. The molecule has 78 valence electrons. The maximum atomic E-state index is 6.11. The Bertz CT molecular complexity index is 260. The van der Waals surface area contributed by atoms with Crippen molar-refractivity contribution < 1.29 is 0 Å². The number of aryl methyl sites for hydroxylation is 1. The van der Waals surface area contributed by atoms with E-state index in [1.807, 2.05) is 11.3 Å². The lowest BCUT2D eigenvalue weighted by molar-refractivity contribution is 0.315. The molecule has 0 aromatic carbocycles. The summed E-state index contributed by atoms with van der Waals surface area (Å²) in [7, 11) is 0. The third-order valence-electron chi connectivity index (χ3n) is 3.43. The minimum Gasteiger partial charge on any atom is -0.149 e. The average Bonchev–Trinajstić information content (AvgIpc) is 2.87. The molecule has 1 aromatic rings. The van der Waals surface area contributed by atoms with Crippen LogP contribution in [0.4, 0.5) is 0 Å². The molecular weight excluding hydrogens is 212 g/mol. The summed E-state index contributed by atoms with van der Waals surface area (Å²) in [5.41, 5.74) is 0.478. The highest BCUT2D eigenvalue weighted by Gasteiger charge is 2.32. The Morgan fingerprint density at radius 2 is 2.14 bits per heavy atom. The van der Waals surface area contributed by atoms with Crippen LogP contribution in [0.25, 0.3) is 0 Å². The summed E-state index contributed by atoms with van der Waals surface area (Å²) in [6, 6.07) is 4.38. The van der Waals surface area contributed by atoms with Crippen LogP contribution in [0.1, 0.15) is 37.0 Å². The van der Waals surface area contributed by atoms with E-state index in [0.717, 1.165) is 5.88 Å². The molecule has 0 bridgehead atoms. The van der Waals surface area contributed by atoms with Gasteiger partial charge >= 0.3 is 0 Å². The fraction of sp³-hybridized carbons (Fsp3) is 0.667. The maximum absolute atomic E-state index is 6.11. The van der Waals surface area contributed by atoms with Gasteiger partial charge in [0.05, 0.1) is 0 Å². The van der Waals surface area contributed by atoms with Gasteiger partial charge in [0.2, 0.25) is 0 Å². The van der Waals surface area contributed by atoms with Crippen molar-refractivity contribution in [2.45, 2.75) is 38.5 Å². The number of hydrogen-bond donors (Lipinski definition) is 0. The van der Waals surface area contributed by atoms with Gasteiger partial charge in [-0.1, -0.05) is 18.9 Å². The van der Waals surface area contributed by atoms with Gasteiger partial charge in [0.15, 0.2) is 0 Å². The second-order valence-electron chi connectivity index (χ2n) is 4.42. The highest BCUT2D eigenvalue weighted by Crippen LogP contribution is 2.42. The minimum atomic E-state index is 0.478. The van der Waals surface area contributed by atoms with Crippen LogP contribution in [0.5, 0.6) is 0 Å². The van der Waals surface area contributed by atoms with E-state index in [-0.39, 0.29) is 0 Å². The molecule has 0 N–H and O–H groups in total. The van der Waals surface area contributed by atoms with Gasteiger partial charge in [-0.2, -0.15) is 0 Å². The molecule has 0 nitrogen and oxygen atoms in total. The Morgan fingerprint density at radius 1 is 1.36 bits per heavy atom. The fourth-order valence-electron chi connectivity index (χ4n) is 2.42. The number of thiophene rings is 1. The summed E-state index contributed by atoms with van der Waals surface area (Å²) in [5.74, 6) is 0.859. The van der Waals surface area contributed by atoms with Crippen molar-refractivity contribution >= 4 is 22.9 Å². The Morgan fingerprint density at radius 3 is 2.71 bits per heavy atom. The highest BCUT2D eigenvalue weighted by molar-refractivity contribution is 7.09. The first-order valence-corrected chi connectivity index (χ1v) is 6.84. The lowest BCUT2D eigenvalue weighted by Gasteiger charge is -2.25. The lowest BCUT2D eigenvalue weighted by atomic mass is 9.83. The molecule has 0 spiro atoms. The van der Waals surface area contributed by atoms with Crippen molar-refractivity contribution in [1.29, 1.82) is 0 Å². The molecule has 2 rings (SSSR count). The minimum absolute atomic E-state index is 0.478. The first-order chi connectivity index (χ1) is 6.85.